The zero-order valence-electron chi connectivity index (χ0n) is 36.0. The Balaban J connectivity index is 1.15. The molecule has 67 heavy (non-hydrogen) atoms. The summed E-state index contributed by atoms with van der Waals surface area (Å²) in [6.45, 7) is 0. The van der Waals surface area contributed by atoms with Crippen LogP contribution in [0, 0.1) is 0 Å². The van der Waals surface area contributed by atoms with E-state index < -0.39 is 8.07 Å². The summed E-state index contributed by atoms with van der Waals surface area (Å²) in [6, 6.07) is 82.1. The van der Waals surface area contributed by atoms with Crippen molar-refractivity contribution in [3.63, 3.8) is 0 Å². The molecule has 0 amide bonds. The maximum atomic E-state index is 5.84. The van der Waals surface area contributed by atoms with E-state index in [0.29, 0.717) is 17.3 Å². The van der Waals surface area contributed by atoms with Crippen molar-refractivity contribution >= 4 is 101 Å². The molecule has 8 nitrogen and oxygen atoms in total. The van der Waals surface area contributed by atoms with Gasteiger partial charge in [-0.25, -0.2) is 19.5 Å². The molecule has 5 heterocycles. The molecule has 0 radical (unpaired) electrons. The lowest BCUT2D eigenvalue weighted by Crippen LogP contribution is -2.76. The molecule has 0 spiro atoms. The molecule has 5 aromatic heterocycles. The lowest BCUT2D eigenvalue weighted by molar-refractivity contribution is 0.895. The second-order valence-corrected chi connectivity index (χ2v) is 20.8. The van der Waals surface area contributed by atoms with Crippen molar-refractivity contribution in [1.82, 2.24) is 38.0 Å². The summed E-state index contributed by atoms with van der Waals surface area (Å²) in [5, 5.41) is 8.14. The number of hydrogen-bond donors (Lipinski definition) is 0. The van der Waals surface area contributed by atoms with Gasteiger partial charge in [0, 0.05) is 27.2 Å². The van der Waals surface area contributed by atoms with Gasteiger partial charge in [0.25, 0.3) is 0 Å². The summed E-state index contributed by atoms with van der Waals surface area (Å²) < 4.78 is 8.97. The maximum Gasteiger partial charge on any atom is 0.241 e. The fourth-order valence-corrected chi connectivity index (χ4v) is 15.2. The van der Waals surface area contributed by atoms with Gasteiger partial charge in [0.15, 0.2) is 0 Å². The first kappa shape index (κ1) is 37.5. The van der Waals surface area contributed by atoms with E-state index in [1.54, 1.807) is 0 Å². The minimum absolute atomic E-state index is 0.491. The number of fused-ring (bicyclic) bond motifs is 11. The van der Waals surface area contributed by atoms with Gasteiger partial charge in [0.2, 0.25) is 25.7 Å². The number of benzene rings is 9. The van der Waals surface area contributed by atoms with Gasteiger partial charge in [-0.15, -0.1) is 0 Å². The molecular weight excluding hydrogens is 837 g/mol. The van der Waals surface area contributed by atoms with Crippen molar-refractivity contribution in [3.8, 4) is 17.6 Å². The van der Waals surface area contributed by atoms with Crippen molar-refractivity contribution in [2.75, 3.05) is 0 Å². The van der Waals surface area contributed by atoms with Crippen LogP contribution in [0.3, 0.4) is 0 Å². The third-order valence-corrected chi connectivity index (χ3v) is 18.0. The van der Waals surface area contributed by atoms with Crippen molar-refractivity contribution in [1.29, 1.82) is 0 Å². The Bertz CT molecular complexity index is 4090. The number of imidazole rings is 2. The fraction of sp³-hybridized carbons (Fsp3) is 0. The zero-order chi connectivity index (χ0) is 44.1. The molecule has 0 aliphatic carbocycles. The van der Waals surface area contributed by atoms with Crippen LogP contribution >= 0.6 is 0 Å². The first-order chi connectivity index (χ1) is 33.3. The Morgan fingerprint density at radius 3 is 1.30 bits per heavy atom. The summed E-state index contributed by atoms with van der Waals surface area (Å²) in [7, 11) is -3.50. The molecule has 14 rings (SSSR count). The topological polar surface area (TPSA) is 70.8 Å². The van der Waals surface area contributed by atoms with Gasteiger partial charge in [-0.1, -0.05) is 170 Å². The lowest BCUT2D eigenvalue weighted by Gasteiger charge is -2.32. The van der Waals surface area contributed by atoms with E-state index >= 15 is 0 Å². The van der Waals surface area contributed by atoms with Crippen molar-refractivity contribution in [2.24, 2.45) is 0 Å². The second-order valence-electron chi connectivity index (χ2n) is 17.1. The van der Waals surface area contributed by atoms with Gasteiger partial charge >= 0.3 is 0 Å². The molecule has 0 bridgehead atoms. The molecule has 0 saturated carbocycles. The summed E-state index contributed by atoms with van der Waals surface area (Å²) in [5.74, 6) is 1.75. The molecule has 0 aliphatic rings. The van der Waals surface area contributed by atoms with E-state index in [0.717, 1.165) is 81.9 Å². The highest BCUT2D eigenvalue weighted by Gasteiger charge is 2.46. The number of hydrogen-bond acceptors (Lipinski definition) is 4. The van der Waals surface area contributed by atoms with Crippen LogP contribution in [0.4, 0.5) is 0 Å². The monoisotopic (exact) mass is 874 g/mol. The minimum Gasteiger partial charge on any atom is -0.309 e. The smallest absolute Gasteiger partial charge is 0.241 e. The van der Waals surface area contributed by atoms with Crippen molar-refractivity contribution < 1.29 is 0 Å². The predicted octanol–water partition coefficient (Wildman–Crippen LogP) is 10.2. The molecule has 14 aromatic rings. The van der Waals surface area contributed by atoms with Gasteiger partial charge in [0.1, 0.15) is 5.45 Å². The van der Waals surface area contributed by atoms with Crippen LogP contribution in [0.5, 0.6) is 0 Å². The average Bonchev–Trinajstić information content (AvgIpc) is 4.13. The van der Waals surface area contributed by atoms with E-state index in [9.17, 15) is 0 Å². The number of nitrogens with zero attached hydrogens (tertiary/aromatic N) is 8. The Hall–Kier alpha value is -8.92. The summed E-state index contributed by atoms with van der Waals surface area (Å²) in [5.41, 5.74) is 9.98. The van der Waals surface area contributed by atoms with E-state index in [4.69, 9.17) is 19.9 Å². The van der Waals surface area contributed by atoms with E-state index in [1.165, 1.54) is 10.8 Å². The summed E-state index contributed by atoms with van der Waals surface area (Å²) in [6.07, 6.45) is 0. The molecule has 9 heteroatoms. The first-order valence-electron chi connectivity index (χ1n) is 22.6. The molecule has 0 aliphatic heterocycles. The zero-order valence-corrected chi connectivity index (χ0v) is 37.0. The maximum absolute atomic E-state index is 5.84. The molecule has 0 N–H and O–H groups in total. The van der Waals surface area contributed by atoms with Gasteiger partial charge < -0.3 is 4.57 Å². The van der Waals surface area contributed by atoms with Crippen molar-refractivity contribution in [3.05, 3.63) is 231 Å². The van der Waals surface area contributed by atoms with Crippen molar-refractivity contribution in [2.45, 2.75) is 0 Å². The van der Waals surface area contributed by atoms with Crippen LogP contribution < -0.4 is 21.0 Å². The largest absolute Gasteiger partial charge is 0.309 e. The Labute approximate surface area is 384 Å². The quantitative estimate of drug-likeness (QED) is 0.118. The highest BCUT2D eigenvalue weighted by molar-refractivity contribution is 7.19. The molecule has 314 valence electrons. The van der Waals surface area contributed by atoms with E-state index in [-0.39, 0.29) is 0 Å². The Morgan fingerprint density at radius 1 is 0.299 bits per heavy atom. The van der Waals surface area contributed by atoms with Crippen LogP contribution in [0.1, 0.15) is 0 Å². The SMILES string of the molecule is c1ccc([Si](c2ccccc2)(c2cccc(-n3c4ccccc4c4ccccc43)c2)c2nc(-n3c4ccccc4c4ccccc43)nc(-n3c4ccccc4n4c5ccccc5nc34)n2)cc1. The average molecular weight is 875 g/mol. The highest BCUT2D eigenvalue weighted by atomic mass is 28.3. The predicted molar refractivity (Wildman–Crippen MR) is 275 cm³/mol. The Kier molecular flexibility index (Phi) is 8.13. The third-order valence-electron chi connectivity index (χ3n) is 13.6. The molecule has 0 atom stereocenters. The van der Waals surface area contributed by atoms with Gasteiger partial charge in [-0.05, 0) is 76.2 Å². The molecule has 0 saturated heterocycles. The third kappa shape index (κ3) is 5.40. The normalized spacial score (nSPS) is 12.2. The molecule has 9 aromatic carbocycles. The van der Waals surface area contributed by atoms with Gasteiger partial charge in [0.05, 0.1) is 44.1 Å². The van der Waals surface area contributed by atoms with Crippen LogP contribution in [-0.2, 0) is 0 Å². The van der Waals surface area contributed by atoms with Crippen LogP contribution in [-0.4, -0.2) is 46.1 Å². The molecule has 0 fully saturated rings. The minimum atomic E-state index is -3.50. The standard InChI is InChI=1S/C58H38N8Si/c1-3-21-40(22-4-1)67(41-23-5-2-6-24-41,42-25-19-20-39(38-42)63-48-31-12-7-26-43(48)44-27-8-13-32-49(44)63)57-61-55(64-50-33-14-9-28-45(50)46-29-10-15-34-51(46)64)60-56(62-57)66-54-37-18-17-36-53(54)65-52-35-16-11-30-47(52)59-58(65)66/h1-38H. The number of rotatable bonds is 7. The summed E-state index contributed by atoms with van der Waals surface area (Å²) in [4.78, 5) is 22.6. The van der Waals surface area contributed by atoms with Crippen LogP contribution in [0.25, 0.3) is 89.0 Å². The lowest BCUT2D eigenvalue weighted by atomic mass is 10.2. The number of aromatic nitrogens is 8. The fourth-order valence-electron chi connectivity index (χ4n) is 10.8. The van der Waals surface area contributed by atoms with Gasteiger partial charge in [-0.3, -0.25) is 8.97 Å². The van der Waals surface area contributed by atoms with E-state index in [1.807, 2.05) is 6.07 Å². The molecular formula is C58H38N8Si. The van der Waals surface area contributed by atoms with Crippen LogP contribution in [0.2, 0.25) is 0 Å². The summed E-state index contributed by atoms with van der Waals surface area (Å²) >= 11 is 0. The first-order valence-corrected chi connectivity index (χ1v) is 24.6. The highest BCUT2D eigenvalue weighted by Crippen LogP contribution is 2.34. The number of para-hydroxylation sites is 8. The Morgan fingerprint density at radius 2 is 0.731 bits per heavy atom. The van der Waals surface area contributed by atoms with Gasteiger partial charge in [-0.2, -0.15) is 4.98 Å². The molecule has 0 unspecified atom stereocenters. The second kappa shape index (κ2) is 14.5. The van der Waals surface area contributed by atoms with E-state index in [2.05, 4.69) is 243 Å². The van der Waals surface area contributed by atoms with Crippen LogP contribution in [0.15, 0.2) is 231 Å².